The molecule has 0 radical (unpaired) electrons. The van der Waals surface area contributed by atoms with Crippen molar-refractivity contribution in [1.29, 1.82) is 0 Å². The molecule has 0 atom stereocenters. The van der Waals surface area contributed by atoms with Gasteiger partial charge >= 0.3 is 0 Å². The van der Waals surface area contributed by atoms with Crippen LogP contribution in [0, 0.1) is 0 Å². The molecule has 7 heteroatoms. The average Bonchev–Trinajstić information content (AvgIpc) is 3.06. The van der Waals surface area contributed by atoms with E-state index in [4.69, 9.17) is 0 Å². The molecule has 2 aromatic carbocycles. The predicted molar refractivity (Wildman–Crippen MR) is 99.5 cm³/mol. The molecule has 1 aromatic heterocycles. The Hall–Kier alpha value is -3.48. The highest BCUT2D eigenvalue weighted by atomic mass is 16.2. The topological polar surface area (TPSA) is 88.9 Å². The van der Waals surface area contributed by atoms with E-state index in [1.165, 1.54) is 6.08 Å². The smallest absolute Gasteiger partial charge is 0.247 e. The van der Waals surface area contributed by atoms with E-state index in [-0.39, 0.29) is 18.2 Å². The van der Waals surface area contributed by atoms with Crippen LogP contribution < -0.4 is 10.6 Å². The summed E-state index contributed by atoms with van der Waals surface area (Å²) in [7, 11) is 0. The Bertz CT molecular complexity index is 948. The first-order valence-electron chi connectivity index (χ1n) is 8.23. The van der Waals surface area contributed by atoms with Crippen molar-refractivity contribution in [2.75, 3.05) is 11.9 Å². The standard InChI is InChI=1S/C19H19N5O2/c1-2-18(25)21-15-8-4-3-7-14(15)13-19(26)20-11-12-24-17-10-6-5-9-16(17)22-23-24/h2-10H,1,11-13H2,(H,20,26)(H,21,25). The van der Waals surface area contributed by atoms with Crippen molar-refractivity contribution in [2.45, 2.75) is 13.0 Å². The fraction of sp³-hybridized carbons (Fsp3) is 0.158. The van der Waals surface area contributed by atoms with Crippen LogP contribution in [-0.4, -0.2) is 33.4 Å². The van der Waals surface area contributed by atoms with Gasteiger partial charge in [-0.3, -0.25) is 9.59 Å². The first-order valence-corrected chi connectivity index (χ1v) is 8.23. The number of aromatic nitrogens is 3. The molecular weight excluding hydrogens is 330 g/mol. The molecule has 3 aromatic rings. The summed E-state index contributed by atoms with van der Waals surface area (Å²) >= 11 is 0. The number of fused-ring (bicyclic) bond motifs is 1. The maximum Gasteiger partial charge on any atom is 0.247 e. The lowest BCUT2D eigenvalue weighted by Gasteiger charge is -2.10. The molecule has 2 amide bonds. The highest BCUT2D eigenvalue weighted by Gasteiger charge is 2.09. The third kappa shape index (κ3) is 4.13. The third-order valence-electron chi connectivity index (χ3n) is 3.88. The Morgan fingerprint density at radius 2 is 1.88 bits per heavy atom. The number of para-hydroxylation sites is 2. The molecule has 0 saturated heterocycles. The molecular formula is C19H19N5O2. The van der Waals surface area contributed by atoms with Gasteiger partial charge in [-0.15, -0.1) is 5.10 Å². The van der Waals surface area contributed by atoms with Crippen LogP contribution in [0.15, 0.2) is 61.2 Å². The number of carbonyl (C=O) groups excluding carboxylic acids is 2. The van der Waals surface area contributed by atoms with Crippen LogP contribution in [0.3, 0.4) is 0 Å². The van der Waals surface area contributed by atoms with E-state index >= 15 is 0 Å². The number of amides is 2. The van der Waals surface area contributed by atoms with Crippen LogP contribution in [0.5, 0.6) is 0 Å². The summed E-state index contributed by atoms with van der Waals surface area (Å²) in [6.45, 7) is 4.40. The van der Waals surface area contributed by atoms with Crippen LogP contribution in [0.2, 0.25) is 0 Å². The van der Waals surface area contributed by atoms with Crippen LogP contribution in [0.1, 0.15) is 5.56 Å². The minimum atomic E-state index is -0.309. The van der Waals surface area contributed by atoms with Gasteiger partial charge in [-0.25, -0.2) is 4.68 Å². The van der Waals surface area contributed by atoms with Crippen LogP contribution >= 0.6 is 0 Å². The van der Waals surface area contributed by atoms with Gasteiger partial charge in [0.15, 0.2) is 0 Å². The van der Waals surface area contributed by atoms with Crippen molar-refractivity contribution in [2.24, 2.45) is 0 Å². The summed E-state index contributed by atoms with van der Waals surface area (Å²) in [6.07, 6.45) is 1.37. The number of nitrogens with one attached hydrogen (secondary N) is 2. The number of hydrogen-bond donors (Lipinski definition) is 2. The van der Waals surface area contributed by atoms with E-state index in [1.54, 1.807) is 16.8 Å². The first-order chi connectivity index (χ1) is 12.7. The van der Waals surface area contributed by atoms with Gasteiger partial charge in [0.25, 0.3) is 0 Å². The molecule has 0 aliphatic heterocycles. The highest BCUT2D eigenvalue weighted by molar-refractivity contribution is 5.99. The monoisotopic (exact) mass is 349 g/mol. The SMILES string of the molecule is C=CC(=O)Nc1ccccc1CC(=O)NCCn1nnc2ccccc21. The van der Waals surface area contributed by atoms with E-state index in [0.29, 0.717) is 18.8 Å². The Morgan fingerprint density at radius 1 is 1.12 bits per heavy atom. The van der Waals surface area contributed by atoms with Gasteiger partial charge in [0.05, 0.1) is 18.5 Å². The molecule has 7 nitrogen and oxygen atoms in total. The number of hydrogen-bond acceptors (Lipinski definition) is 4. The van der Waals surface area contributed by atoms with Gasteiger partial charge in [0, 0.05) is 12.2 Å². The van der Waals surface area contributed by atoms with E-state index in [2.05, 4.69) is 27.5 Å². The second-order valence-corrected chi connectivity index (χ2v) is 5.68. The normalized spacial score (nSPS) is 10.5. The van der Waals surface area contributed by atoms with Gasteiger partial charge in [0.1, 0.15) is 5.52 Å². The van der Waals surface area contributed by atoms with Crippen molar-refractivity contribution < 1.29 is 9.59 Å². The maximum atomic E-state index is 12.2. The van der Waals surface area contributed by atoms with E-state index in [1.807, 2.05) is 36.4 Å². The van der Waals surface area contributed by atoms with Crippen LogP contribution in [0.4, 0.5) is 5.69 Å². The molecule has 26 heavy (non-hydrogen) atoms. The molecule has 0 saturated carbocycles. The summed E-state index contributed by atoms with van der Waals surface area (Å²) in [5, 5.41) is 13.7. The summed E-state index contributed by atoms with van der Waals surface area (Å²) in [5.41, 5.74) is 3.10. The molecule has 0 aliphatic rings. The Morgan fingerprint density at radius 3 is 2.73 bits per heavy atom. The number of anilines is 1. The van der Waals surface area contributed by atoms with E-state index < -0.39 is 0 Å². The zero-order valence-electron chi connectivity index (χ0n) is 14.2. The lowest BCUT2D eigenvalue weighted by atomic mass is 10.1. The van der Waals surface area contributed by atoms with Gasteiger partial charge in [0.2, 0.25) is 11.8 Å². The van der Waals surface area contributed by atoms with Gasteiger partial charge < -0.3 is 10.6 Å². The first kappa shape index (κ1) is 17.3. The Labute approximate surface area is 150 Å². The number of rotatable bonds is 7. The van der Waals surface area contributed by atoms with Crippen molar-refractivity contribution >= 4 is 28.5 Å². The second kappa shape index (κ2) is 8.06. The molecule has 0 unspecified atom stereocenters. The van der Waals surface area contributed by atoms with Crippen molar-refractivity contribution in [3.8, 4) is 0 Å². The largest absolute Gasteiger partial charge is 0.354 e. The second-order valence-electron chi connectivity index (χ2n) is 5.68. The fourth-order valence-electron chi connectivity index (χ4n) is 2.60. The average molecular weight is 349 g/mol. The maximum absolute atomic E-state index is 12.2. The molecule has 2 N–H and O–H groups in total. The minimum Gasteiger partial charge on any atom is -0.354 e. The van der Waals surface area contributed by atoms with Gasteiger partial charge in [-0.2, -0.15) is 0 Å². The van der Waals surface area contributed by atoms with Gasteiger partial charge in [-0.1, -0.05) is 42.1 Å². The van der Waals surface area contributed by atoms with Crippen LogP contribution in [0.25, 0.3) is 11.0 Å². The molecule has 132 valence electrons. The molecule has 0 aliphatic carbocycles. The summed E-state index contributed by atoms with van der Waals surface area (Å²) in [6, 6.07) is 14.9. The molecule has 1 heterocycles. The van der Waals surface area contributed by atoms with Crippen LogP contribution in [-0.2, 0) is 22.6 Å². The third-order valence-corrected chi connectivity index (χ3v) is 3.88. The summed E-state index contributed by atoms with van der Waals surface area (Å²) < 4.78 is 1.76. The summed E-state index contributed by atoms with van der Waals surface area (Å²) in [4.78, 5) is 23.7. The van der Waals surface area contributed by atoms with Crippen molar-refractivity contribution in [1.82, 2.24) is 20.3 Å². The molecule has 0 bridgehead atoms. The Kier molecular flexibility index (Phi) is 5.38. The quantitative estimate of drug-likeness (QED) is 0.638. The number of nitrogens with zero attached hydrogens (tertiary/aromatic N) is 3. The summed E-state index contributed by atoms with van der Waals surface area (Å²) in [5.74, 6) is -0.439. The minimum absolute atomic E-state index is 0.130. The lowest BCUT2D eigenvalue weighted by Crippen LogP contribution is -2.29. The zero-order chi connectivity index (χ0) is 18.4. The Balaban J connectivity index is 1.56. The highest BCUT2D eigenvalue weighted by Crippen LogP contribution is 2.15. The van der Waals surface area contributed by atoms with Crippen molar-refractivity contribution in [3.63, 3.8) is 0 Å². The molecule has 0 fully saturated rings. The lowest BCUT2D eigenvalue weighted by molar-refractivity contribution is -0.120. The van der Waals surface area contributed by atoms with E-state index in [0.717, 1.165) is 16.6 Å². The number of carbonyl (C=O) groups is 2. The predicted octanol–water partition coefficient (Wildman–Crippen LogP) is 1.91. The zero-order valence-corrected chi connectivity index (χ0v) is 14.2. The fourth-order valence-corrected chi connectivity index (χ4v) is 2.60. The molecule has 3 rings (SSSR count). The van der Waals surface area contributed by atoms with Crippen molar-refractivity contribution in [3.05, 3.63) is 66.7 Å². The molecule has 0 spiro atoms. The van der Waals surface area contributed by atoms with Gasteiger partial charge in [-0.05, 0) is 29.8 Å². The number of benzene rings is 2. The van der Waals surface area contributed by atoms with E-state index in [9.17, 15) is 9.59 Å².